The maximum atomic E-state index is 12.2. The lowest BCUT2D eigenvalue weighted by molar-refractivity contribution is 0.0591. The van der Waals surface area contributed by atoms with Gasteiger partial charge in [-0.15, -0.1) is 0 Å². The third-order valence-electron chi connectivity index (χ3n) is 14.5. The zero-order chi connectivity index (χ0) is 73.5. The van der Waals surface area contributed by atoms with Gasteiger partial charge in [-0.05, 0) is 236 Å². The molecule has 0 aliphatic carbocycles. The van der Waals surface area contributed by atoms with Crippen LogP contribution in [0.1, 0.15) is 116 Å². The third kappa shape index (κ3) is 24.7. The van der Waals surface area contributed by atoms with Gasteiger partial charge in [0.1, 0.15) is 46.0 Å². The van der Waals surface area contributed by atoms with Gasteiger partial charge in [0.15, 0.2) is 0 Å². The van der Waals surface area contributed by atoms with E-state index in [9.17, 15) is 38.4 Å². The van der Waals surface area contributed by atoms with Crippen molar-refractivity contribution in [2.24, 2.45) is 0 Å². The first-order valence-corrected chi connectivity index (χ1v) is 31.6. The van der Waals surface area contributed by atoms with E-state index in [1.54, 1.807) is 184 Å². The van der Waals surface area contributed by atoms with Crippen LogP contribution in [0.25, 0.3) is 0 Å². The Balaban J connectivity index is 0.000000180. The van der Waals surface area contributed by atoms with Gasteiger partial charge in [-0.2, -0.15) is 0 Å². The molecule has 0 aliphatic rings. The highest BCUT2D eigenvalue weighted by atomic mass is 16.6. The van der Waals surface area contributed by atoms with Crippen LogP contribution in [-0.2, 0) is 9.47 Å². The Hall–Kier alpha value is -13.2. The number of rotatable bonds is 16. The van der Waals surface area contributed by atoms with E-state index >= 15 is 0 Å². The van der Waals surface area contributed by atoms with Gasteiger partial charge in [0.2, 0.25) is 0 Å². The maximum Gasteiger partial charge on any atom is 0.343 e. The zero-order valence-electron chi connectivity index (χ0n) is 57.8. The molecule has 18 heteroatoms. The Kier molecular flexibility index (Phi) is 28.9. The van der Waals surface area contributed by atoms with Gasteiger partial charge < -0.3 is 47.4 Å². The number of hydrogen-bond donors (Lipinski definition) is 0. The average molecular weight is 1370 g/mol. The molecule has 11 rings (SSSR count). The van der Waals surface area contributed by atoms with Crippen molar-refractivity contribution in [3.63, 3.8) is 0 Å². The monoisotopic (exact) mass is 1370 g/mol. The molecule has 11 aromatic rings. The highest BCUT2D eigenvalue weighted by Gasteiger charge is 2.16. The summed E-state index contributed by atoms with van der Waals surface area (Å²) in [6, 6.07) is 75.5. The normalized spacial score (nSPS) is 9.98. The van der Waals surface area contributed by atoms with E-state index in [-0.39, 0.29) is 11.9 Å². The fourth-order valence-corrected chi connectivity index (χ4v) is 8.55. The fraction of sp³-hybridized carbons (Fsp3) is 0.119. The third-order valence-corrected chi connectivity index (χ3v) is 14.5. The van der Waals surface area contributed by atoms with Gasteiger partial charge >= 0.3 is 47.8 Å². The smallest absolute Gasteiger partial charge is 0.343 e. The standard InChI is InChI=1S/C22H18O4.C16H14O5.C16H14O4.C15H14O3.C15H14O2/c1-15-3-7-17(8-4-15)21(23)26-20-13-9-18(10-14-20)22(24)25-19-11-5-16(2)6-12-19;1-19-13-7-3-12(4-8-13)16(18)21-14-9-5-11(6-10-14)15(17)20-2;1-11-3-5-13(6-4-11)16(18)20-14-9-7-12(8-10-14)15(17)19-2;1-11-3-7-14(8-4-11)18-15(16)12-5-9-13(17-2)10-6-12;1-11-3-7-13(8-4-11)15(16)17-14-9-5-12(2)6-10-14/h3-14H,1-2H3;3-10H,1-2H3;3-10H,1-2H3;3-10H,1-2H3;3-10H,1-2H3. The van der Waals surface area contributed by atoms with Crippen molar-refractivity contribution < 1.29 is 85.7 Å². The molecule has 0 radical (unpaired) electrons. The minimum Gasteiger partial charge on any atom is -0.497 e. The highest BCUT2D eigenvalue weighted by molar-refractivity contribution is 5.95. The number of aryl methyl sites for hydroxylation is 6. The van der Waals surface area contributed by atoms with Crippen molar-refractivity contribution in [2.75, 3.05) is 28.4 Å². The Morgan fingerprint density at radius 2 is 0.284 bits per heavy atom. The Bertz CT molecular complexity index is 4550. The lowest BCUT2D eigenvalue weighted by Crippen LogP contribution is -2.10. The van der Waals surface area contributed by atoms with Gasteiger partial charge in [-0.25, -0.2) is 38.4 Å². The molecule has 18 nitrogen and oxygen atoms in total. The molecule has 518 valence electrons. The summed E-state index contributed by atoms with van der Waals surface area (Å²) in [5.74, 6) is 0.660. The van der Waals surface area contributed by atoms with Crippen molar-refractivity contribution in [2.45, 2.75) is 41.5 Å². The van der Waals surface area contributed by atoms with E-state index in [1.165, 1.54) is 38.5 Å². The van der Waals surface area contributed by atoms with Crippen LogP contribution >= 0.6 is 0 Å². The van der Waals surface area contributed by atoms with Gasteiger partial charge in [0.05, 0.1) is 72.9 Å². The van der Waals surface area contributed by atoms with E-state index in [2.05, 4.69) is 9.47 Å². The summed E-state index contributed by atoms with van der Waals surface area (Å²) in [6.07, 6.45) is 0. The van der Waals surface area contributed by atoms with Crippen molar-refractivity contribution in [1.82, 2.24) is 0 Å². The van der Waals surface area contributed by atoms with Gasteiger partial charge in [-0.1, -0.05) is 106 Å². The second kappa shape index (κ2) is 38.7. The number of carbonyl (C=O) groups excluding carboxylic acids is 8. The number of esters is 8. The van der Waals surface area contributed by atoms with E-state index in [1.807, 2.05) is 114 Å². The minimum atomic E-state index is -0.483. The second-order valence-electron chi connectivity index (χ2n) is 22.4. The van der Waals surface area contributed by atoms with Crippen LogP contribution in [-0.4, -0.2) is 76.2 Å². The molecular weight excluding hydrogens is 1300 g/mol. The van der Waals surface area contributed by atoms with Gasteiger partial charge in [0.25, 0.3) is 0 Å². The van der Waals surface area contributed by atoms with Crippen molar-refractivity contribution in [3.8, 4) is 46.0 Å². The molecule has 0 aliphatic heterocycles. The summed E-state index contributed by atoms with van der Waals surface area (Å²) >= 11 is 0. The first-order chi connectivity index (χ1) is 49.1. The summed E-state index contributed by atoms with van der Waals surface area (Å²) in [5, 5.41) is 0. The van der Waals surface area contributed by atoms with Crippen LogP contribution in [0, 0.1) is 41.5 Å². The zero-order valence-corrected chi connectivity index (χ0v) is 57.8. The SMILES string of the molecule is COC(=O)c1ccc(OC(=O)c2ccc(C)cc2)cc1.COC(=O)c1ccc(OC(=O)c2ccc(OC)cc2)cc1.COc1ccc(C(=O)Oc2ccc(C)cc2)cc1.Cc1ccc(OC(=O)c2ccc(C)cc2)cc1.Cc1ccc(OC(=O)c2ccc(OC(=O)c3ccc(C)cc3)cc2)cc1. The second-order valence-corrected chi connectivity index (χ2v) is 22.4. The number of methoxy groups -OCH3 is 4. The molecule has 0 N–H and O–H groups in total. The van der Waals surface area contributed by atoms with E-state index in [0.717, 1.165) is 33.4 Å². The molecule has 0 unspecified atom stereocenters. The molecule has 0 aromatic heterocycles. The topological polar surface area (TPSA) is 229 Å². The Morgan fingerprint density at radius 3 is 0.431 bits per heavy atom. The van der Waals surface area contributed by atoms with Crippen molar-refractivity contribution in [3.05, 3.63) is 345 Å². The lowest BCUT2D eigenvalue weighted by Gasteiger charge is -2.07. The molecule has 0 saturated heterocycles. The van der Waals surface area contributed by atoms with E-state index < -0.39 is 35.8 Å². The lowest BCUT2D eigenvalue weighted by atomic mass is 10.1. The molecule has 0 saturated carbocycles. The van der Waals surface area contributed by atoms with Crippen molar-refractivity contribution >= 4 is 47.8 Å². The minimum absolute atomic E-state index is 0.325. The van der Waals surface area contributed by atoms with Crippen molar-refractivity contribution in [1.29, 1.82) is 0 Å². The number of ether oxygens (including phenoxy) is 10. The van der Waals surface area contributed by atoms with Crippen LogP contribution in [0.4, 0.5) is 0 Å². The number of carbonyl (C=O) groups is 8. The highest BCUT2D eigenvalue weighted by Crippen LogP contribution is 2.23. The fourth-order valence-electron chi connectivity index (χ4n) is 8.55. The maximum absolute atomic E-state index is 12.2. The average Bonchev–Trinajstić information content (AvgIpc) is 0.895. The number of hydrogen-bond acceptors (Lipinski definition) is 18. The molecule has 102 heavy (non-hydrogen) atoms. The molecule has 0 fully saturated rings. The van der Waals surface area contributed by atoms with Crippen LogP contribution in [0.2, 0.25) is 0 Å². The summed E-state index contributed by atoms with van der Waals surface area (Å²) in [4.78, 5) is 94.3. The predicted octanol–water partition coefficient (Wildman–Crippen LogP) is 17.2. The number of benzene rings is 11. The van der Waals surface area contributed by atoms with Crippen LogP contribution in [0.3, 0.4) is 0 Å². The largest absolute Gasteiger partial charge is 0.497 e. The molecule has 0 amide bonds. The molecular formula is C84H74O18. The predicted molar refractivity (Wildman–Crippen MR) is 385 cm³/mol. The summed E-state index contributed by atoms with van der Waals surface area (Å²) < 4.78 is 50.8. The van der Waals surface area contributed by atoms with Gasteiger partial charge in [-0.3, -0.25) is 0 Å². The quantitative estimate of drug-likeness (QED) is 0.0647. The summed E-state index contributed by atoms with van der Waals surface area (Å²) in [6.45, 7) is 11.8. The molecule has 0 spiro atoms. The molecule has 0 bridgehead atoms. The van der Waals surface area contributed by atoms with Crippen LogP contribution in [0.15, 0.2) is 267 Å². The van der Waals surface area contributed by atoms with Crippen LogP contribution in [0.5, 0.6) is 46.0 Å². The van der Waals surface area contributed by atoms with E-state index in [0.29, 0.717) is 90.5 Å². The van der Waals surface area contributed by atoms with Gasteiger partial charge in [0, 0.05) is 0 Å². The first kappa shape index (κ1) is 76.2. The van der Waals surface area contributed by atoms with Crippen LogP contribution < -0.4 is 37.9 Å². The summed E-state index contributed by atoms with van der Waals surface area (Å²) in [5.41, 5.74) is 10.2. The molecule has 0 heterocycles. The molecule has 11 aromatic carbocycles. The molecule has 0 atom stereocenters. The summed E-state index contributed by atoms with van der Waals surface area (Å²) in [7, 11) is 5.75. The Labute approximate surface area is 591 Å². The first-order valence-electron chi connectivity index (χ1n) is 31.6. The van der Waals surface area contributed by atoms with E-state index in [4.69, 9.17) is 37.9 Å². The Morgan fingerprint density at radius 1 is 0.167 bits per heavy atom.